The van der Waals surface area contributed by atoms with Gasteiger partial charge in [-0.25, -0.2) is 8.78 Å². The second kappa shape index (κ2) is 4.94. The van der Waals surface area contributed by atoms with Gasteiger partial charge in [-0.3, -0.25) is 0 Å². The Hall–Kier alpha value is -1.26. The monoisotopic (exact) mass is 297 g/mol. The third-order valence-corrected chi connectivity index (χ3v) is 3.15. The highest BCUT2D eigenvalue weighted by molar-refractivity contribution is 9.10. The summed E-state index contributed by atoms with van der Waals surface area (Å²) in [5.74, 6) is -0.809. The van der Waals surface area contributed by atoms with Gasteiger partial charge in [0.05, 0.1) is 4.47 Å². The van der Waals surface area contributed by atoms with Crippen LogP contribution in [0.1, 0.15) is 5.56 Å². The molecule has 0 bridgehead atoms. The van der Waals surface area contributed by atoms with Crippen LogP contribution in [0.3, 0.4) is 0 Å². The Balaban J connectivity index is 2.54. The first-order valence-electron chi connectivity index (χ1n) is 5.06. The first-order valence-corrected chi connectivity index (χ1v) is 5.85. The quantitative estimate of drug-likeness (QED) is 0.895. The van der Waals surface area contributed by atoms with Crippen molar-refractivity contribution < 1.29 is 8.78 Å². The minimum absolute atomic E-state index is 0.132. The van der Waals surface area contributed by atoms with E-state index in [2.05, 4.69) is 15.9 Å². The summed E-state index contributed by atoms with van der Waals surface area (Å²) in [6, 6.07) is 9.45. The van der Waals surface area contributed by atoms with Gasteiger partial charge in [0.15, 0.2) is 0 Å². The van der Waals surface area contributed by atoms with Crippen LogP contribution in [0.25, 0.3) is 11.1 Å². The second-order valence-corrected chi connectivity index (χ2v) is 4.47. The van der Waals surface area contributed by atoms with E-state index in [4.69, 9.17) is 5.73 Å². The topological polar surface area (TPSA) is 26.0 Å². The van der Waals surface area contributed by atoms with E-state index in [1.807, 2.05) is 0 Å². The van der Waals surface area contributed by atoms with Crippen LogP contribution < -0.4 is 5.73 Å². The van der Waals surface area contributed by atoms with Crippen molar-refractivity contribution in [2.24, 2.45) is 5.73 Å². The average Bonchev–Trinajstić information content (AvgIpc) is 2.32. The maximum atomic E-state index is 13.8. The predicted molar refractivity (Wildman–Crippen MR) is 67.4 cm³/mol. The van der Waals surface area contributed by atoms with E-state index >= 15 is 0 Å². The van der Waals surface area contributed by atoms with Gasteiger partial charge >= 0.3 is 0 Å². The van der Waals surface area contributed by atoms with Crippen molar-refractivity contribution in [2.45, 2.75) is 6.54 Å². The van der Waals surface area contributed by atoms with Crippen LogP contribution in [0, 0.1) is 11.6 Å². The summed E-state index contributed by atoms with van der Waals surface area (Å²) in [5, 5.41) is 0. The van der Waals surface area contributed by atoms with Gasteiger partial charge < -0.3 is 5.73 Å². The first kappa shape index (κ1) is 12.2. The van der Waals surface area contributed by atoms with Gasteiger partial charge in [-0.05, 0) is 33.6 Å². The third kappa shape index (κ3) is 2.37. The number of hydrogen-bond donors (Lipinski definition) is 1. The molecule has 4 heteroatoms. The predicted octanol–water partition coefficient (Wildman–Crippen LogP) is 3.85. The molecule has 0 amide bonds. The number of halogens is 3. The molecule has 0 saturated carbocycles. The van der Waals surface area contributed by atoms with Crippen LogP contribution >= 0.6 is 15.9 Å². The standard InChI is InChI=1S/C13H10BrF2N/c14-11-3-1-2-10(13(11)16)8-4-5-9(7-17)12(15)6-8/h1-6H,7,17H2. The Morgan fingerprint density at radius 1 is 1.12 bits per heavy atom. The molecule has 0 aromatic heterocycles. The summed E-state index contributed by atoms with van der Waals surface area (Å²) >= 11 is 3.10. The van der Waals surface area contributed by atoms with Gasteiger partial charge in [0.2, 0.25) is 0 Å². The van der Waals surface area contributed by atoms with Gasteiger partial charge in [-0.1, -0.05) is 24.3 Å². The van der Waals surface area contributed by atoms with Gasteiger partial charge in [-0.15, -0.1) is 0 Å². The van der Waals surface area contributed by atoms with E-state index in [0.717, 1.165) is 0 Å². The fraction of sp³-hybridized carbons (Fsp3) is 0.0769. The molecular weight excluding hydrogens is 288 g/mol. The number of nitrogens with two attached hydrogens (primary N) is 1. The number of hydrogen-bond acceptors (Lipinski definition) is 1. The molecule has 0 aliphatic heterocycles. The van der Waals surface area contributed by atoms with Gasteiger partial charge in [0.1, 0.15) is 11.6 Å². The van der Waals surface area contributed by atoms with E-state index in [9.17, 15) is 8.78 Å². The van der Waals surface area contributed by atoms with Crippen LogP contribution in [0.4, 0.5) is 8.78 Å². The molecule has 0 saturated heterocycles. The molecule has 0 atom stereocenters. The van der Waals surface area contributed by atoms with Crippen LogP contribution in [-0.2, 0) is 6.54 Å². The lowest BCUT2D eigenvalue weighted by Gasteiger charge is -2.07. The van der Waals surface area contributed by atoms with E-state index in [0.29, 0.717) is 21.2 Å². The molecule has 2 aromatic rings. The lowest BCUT2D eigenvalue weighted by molar-refractivity contribution is 0.609. The van der Waals surface area contributed by atoms with Crippen LogP contribution in [-0.4, -0.2) is 0 Å². The Labute approximate surface area is 106 Å². The molecule has 2 N–H and O–H groups in total. The molecule has 0 fully saturated rings. The molecule has 0 spiro atoms. The zero-order chi connectivity index (χ0) is 12.4. The van der Waals surface area contributed by atoms with Gasteiger partial charge in [-0.2, -0.15) is 0 Å². The normalized spacial score (nSPS) is 10.6. The second-order valence-electron chi connectivity index (χ2n) is 3.61. The minimum Gasteiger partial charge on any atom is -0.326 e. The lowest BCUT2D eigenvalue weighted by atomic mass is 10.0. The Bertz CT molecular complexity index is 555. The van der Waals surface area contributed by atoms with Crippen molar-refractivity contribution in [3.8, 4) is 11.1 Å². The molecular formula is C13H10BrF2N. The molecule has 0 unspecified atom stereocenters. The van der Waals surface area contributed by atoms with Crippen molar-refractivity contribution in [1.29, 1.82) is 0 Å². The summed E-state index contributed by atoms with van der Waals surface area (Å²) in [4.78, 5) is 0. The summed E-state index contributed by atoms with van der Waals surface area (Å²) < 4.78 is 27.7. The molecule has 17 heavy (non-hydrogen) atoms. The number of rotatable bonds is 2. The van der Waals surface area contributed by atoms with E-state index in [1.54, 1.807) is 30.3 Å². The Morgan fingerprint density at radius 3 is 2.53 bits per heavy atom. The molecule has 2 aromatic carbocycles. The van der Waals surface area contributed by atoms with Crippen LogP contribution in [0.15, 0.2) is 40.9 Å². The highest BCUT2D eigenvalue weighted by Crippen LogP contribution is 2.28. The highest BCUT2D eigenvalue weighted by Gasteiger charge is 2.10. The molecule has 0 aliphatic carbocycles. The zero-order valence-electron chi connectivity index (χ0n) is 8.88. The van der Waals surface area contributed by atoms with E-state index in [1.165, 1.54) is 6.07 Å². The van der Waals surface area contributed by atoms with E-state index < -0.39 is 11.6 Å². The Morgan fingerprint density at radius 2 is 1.88 bits per heavy atom. The average molecular weight is 298 g/mol. The third-order valence-electron chi connectivity index (χ3n) is 2.54. The molecule has 88 valence electrons. The minimum atomic E-state index is -0.413. The lowest BCUT2D eigenvalue weighted by Crippen LogP contribution is -1.99. The summed E-state index contributed by atoms with van der Waals surface area (Å²) in [6.07, 6.45) is 0. The summed E-state index contributed by atoms with van der Waals surface area (Å²) in [5.41, 5.74) is 6.65. The first-order chi connectivity index (χ1) is 8.13. The molecule has 0 radical (unpaired) electrons. The number of benzene rings is 2. The maximum Gasteiger partial charge on any atom is 0.145 e. The van der Waals surface area contributed by atoms with Crippen molar-refractivity contribution in [1.82, 2.24) is 0 Å². The van der Waals surface area contributed by atoms with Crippen LogP contribution in [0.2, 0.25) is 0 Å². The molecule has 0 aliphatic rings. The zero-order valence-corrected chi connectivity index (χ0v) is 10.5. The molecule has 2 rings (SSSR count). The molecule has 1 nitrogen and oxygen atoms in total. The SMILES string of the molecule is NCc1ccc(-c2cccc(Br)c2F)cc1F. The maximum absolute atomic E-state index is 13.8. The van der Waals surface area contributed by atoms with Crippen LogP contribution in [0.5, 0.6) is 0 Å². The van der Waals surface area contributed by atoms with Gasteiger partial charge in [0.25, 0.3) is 0 Å². The fourth-order valence-corrected chi connectivity index (χ4v) is 1.97. The van der Waals surface area contributed by atoms with Crippen molar-refractivity contribution in [3.63, 3.8) is 0 Å². The Kier molecular flexibility index (Phi) is 3.54. The van der Waals surface area contributed by atoms with Gasteiger partial charge in [0, 0.05) is 17.7 Å². The smallest absolute Gasteiger partial charge is 0.145 e. The van der Waals surface area contributed by atoms with E-state index in [-0.39, 0.29) is 6.54 Å². The highest BCUT2D eigenvalue weighted by atomic mass is 79.9. The fourth-order valence-electron chi connectivity index (χ4n) is 1.61. The largest absolute Gasteiger partial charge is 0.326 e. The summed E-state index contributed by atoms with van der Waals surface area (Å²) in [6.45, 7) is 0.132. The van der Waals surface area contributed by atoms with Crippen molar-refractivity contribution >= 4 is 15.9 Å². The van der Waals surface area contributed by atoms with Crippen molar-refractivity contribution in [3.05, 3.63) is 58.1 Å². The molecule has 0 heterocycles. The summed E-state index contributed by atoms with van der Waals surface area (Å²) in [7, 11) is 0. The van der Waals surface area contributed by atoms with Crippen molar-refractivity contribution in [2.75, 3.05) is 0 Å².